The standard InChI is InChI=1S/C32H31Cl2N3O4/c1-2-37-27-13-12-26(33)30(34)25(27)18-28(37)31(39)35-23-10-8-20(9-11-23)21-14-16-36(17-15-21)29(38)19-24(32(40)41)22-6-4-3-5-7-22/h3-13,18,21,24H,2,14-17,19H2,1H3,(H,35,39)(H,40,41). The maximum Gasteiger partial charge on any atom is 0.311 e. The number of rotatable bonds is 8. The first-order chi connectivity index (χ1) is 19.8. The van der Waals surface area contributed by atoms with Gasteiger partial charge in [-0.05, 0) is 67.1 Å². The smallest absolute Gasteiger partial charge is 0.311 e. The minimum absolute atomic E-state index is 0.0470. The largest absolute Gasteiger partial charge is 0.481 e. The van der Waals surface area contributed by atoms with Crippen LogP contribution in [0.15, 0.2) is 72.8 Å². The molecule has 1 aliphatic rings. The summed E-state index contributed by atoms with van der Waals surface area (Å²) in [5, 5.41) is 14.3. The molecule has 1 fully saturated rings. The van der Waals surface area contributed by atoms with Crippen LogP contribution in [0, 0.1) is 0 Å². The summed E-state index contributed by atoms with van der Waals surface area (Å²) in [6.45, 7) is 3.74. The molecule has 1 aliphatic heterocycles. The number of aromatic nitrogens is 1. The van der Waals surface area contributed by atoms with E-state index in [9.17, 15) is 19.5 Å². The van der Waals surface area contributed by atoms with Crippen LogP contribution in [0.2, 0.25) is 10.0 Å². The van der Waals surface area contributed by atoms with Crippen LogP contribution in [0.1, 0.15) is 59.6 Å². The molecule has 1 unspecified atom stereocenters. The molecule has 1 atom stereocenters. The predicted octanol–water partition coefficient (Wildman–Crippen LogP) is 7.18. The van der Waals surface area contributed by atoms with Crippen molar-refractivity contribution in [2.45, 2.75) is 44.6 Å². The molecule has 1 aromatic heterocycles. The Bertz CT molecular complexity index is 1580. The van der Waals surface area contributed by atoms with E-state index in [1.54, 1.807) is 41.3 Å². The van der Waals surface area contributed by atoms with Crippen LogP contribution in [-0.2, 0) is 16.1 Å². The van der Waals surface area contributed by atoms with Gasteiger partial charge >= 0.3 is 5.97 Å². The van der Waals surface area contributed by atoms with Crippen LogP contribution >= 0.6 is 23.2 Å². The molecule has 0 aliphatic carbocycles. The third kappa shape index (κ3) is 6.11. The van der Waals surface area contributed by atoms with Gasteiger partial charge in [0.25, 0.3) is 5.91 Å². The van der Waals surface area contributed by atoms with Crippen LogP contribution in [0.5, 0.6) is 0 Å². The van der Waals surface area contributed by atoms with Gasteiger partial charge in [0, 0.05) is 37.1 Å². The molecule has 212 valence electrons. The average Bonchev–Trinajstić information content (AvgIpc) is 3.38. The Morgan fingerprint density at radius 2 is 1.66 bits per heavy atom. The van der Waals surface area contributed by atoms with E-state index >= 15 is 0 Å². The molecule has 0 spiro atoms. The Morgan fingerprint density at radius 3 is 2.29 bits per heavy atom. The molecule has 1 saturated heterocycles. The van der Waals surface area contributed by atoms with Crippen molar-refractivity contribution in [3.8, 4) is 0 Å². The van der Waals surface area contributed by atoms with Crippen molar-refractivity contribution in [3.63, 3.8) is 0 Å². The zero-order chi connectivity index (χ0) is 29.1. The number of hydrogen-bond acceptors (Lipinski definition) is 3. The van der Waals surface area contributed by atoms with Crippen LogP contribution in [0.4, 0.5) is 5.69 Å². The van der Waals surface area contributed by atoms with Crippen LogP contribution in [0.25, 0.3) is 10.9 Å². The summed E-state index contributed by atoms with van der Waals surface area (Å²) in [7, 11) is 0. The van der Waals surface area contributed by atoms with Gasteiger partial charge in [0.2, 0.25) is 5.91 Å². The molecule has 7 nitrogen and oxygen atoms in total. The van der Waals surface area contributed by atoms with Crippen molar-refractivity contribution in [3.05, 3.63) is 99.7 Å². The van der Waals surface area contributed by atoms with Gasteiger partial charge in [0.1, 0.15) is 5.69 Å². The summed E-state index contributed by atoms with van der Waals surface area (Å²) < 4.78 is 1.91. The Balaban J connectivity index is 1.19. The number of aliphatic carboxylic acids is 1. The second kappa shape index (κ2) is 12.4. The first-order valence-electron chi connectivity index (χ1n) is 13.7. The number of piperidine rings is 1. The number of nitrogens with one attached hydrogen (secondary N) is 1. The maximum absolute atomic E-state index is 13.2. The normalized spacial score (nSPS) is 14.7. The number of halogens is 2. The van der Waals surface area contributed by atoms with Crippen LogP contribution in [-0.4, -0.2) is 45.4 Å². The fourth-order valence-corrected chi connectivity index (χ4v) is 6.01. The Hall–Kier alpha value is -3.81. The number of nitrogens with zero attached hydrogens (tertiary/aromatic N) is 2. The molecular formula is C32H31Cl2N3O4. The highest BCUT2D eigenvalue weighted by Crippen LogP contribution is 2.34. The monoisotopic (exact) mass is 591 g/mol. The first-order valence-corrected chi connectivity index (χ1v) is 14.5. The lowest BCUT2D eigenvalue weighted by atomic mass is 9.88. The summed E-state index contributed by atoms with van der Waals surface area (Å²) in [5.41, 5.74) is 3.83. The number of benzene rings is 3. The molecule has 0 saturated carbocycles. The number of fused-ring (bicyclic) bond motifs is 1. The molecular weight excluding hydrogens is 561 g/mol. The third-order valence-corrected chi connectivity index (χ3v) is 8.71. The summed E-state index contributed by atoms with van der Waals surface area (Å²) >= 11 is 12.6. The van der Waals surface area contributed by atoms with E-state index in [0.29, 0.717) is 46.6 Å². The molecule has 2 N–H and O–H groups in total. The number of likely N-dealkylation sites (tertiary alicyclic amines) is 1. The summed E-state index contributed by atoms with van der Waals surface area (Å²) in [5.74, 6) is -1.92. The van der Waals surface area contributed by atoms with E-state index in [-0.39, 0.29) is 24.2 Å². The SMILES string of the molecule is CCn1c(C(=O)Nc2ccc(C3CCN(C(=O)CC(C(=O)O)c4ccccc4)CC3)cc2)cc2c(Cl)c(Cl)ccc21. The highest BCUT2D eigenvalue weighted by molar-refractivity contribution is 6.45. The van der Waals surface area contributed by atoms with E-state index in [0.717, 1.165) is 29.3 Å². The summed E-state index contributed by atoms with van der Waals surface area (Å²) in [6, 6.07) is 22.1. The summed E-state index contributed by atoms with van der Waals surface area (Å²) in [4.78, 5) is 39.7. The molecule has 3 aromatic carbocycles. The third-order valence-electron chi connectivity index (χ3n) is 7.89. The first kappa shape index (κ1) is 28.7. The van der Waals surface area contributed by atoms with E-state index in [2.05, 4.69) is 5.32 Å². The molecule has 0 bridgehead atoms. The van der Waals surface area contributed by atoms with Gasteiger partial charge in [-0.2, -0.15) is 0 Å². The number of carboxylic acid groups (broad SMARTS) is 1. The number of amides is 2. The van der Waals surface area contributed by atoms with Crippen molar-refractivity contribution in [1.29, 1.82) is 0 Å². The zero-order valence-corrected chi connectivity index (χ0v) is 24.2. The van der Waals surface area contributed by atoms with Gasteiger partial charge in [0.05, 0.1) is 21.5 Å². The van der Waals surface area contributed by atoms with Gasteiger partial charge in [-0.1, -0.05) is 65.7 Å². The van der Waals surface area contributed by atoms with Crippen molar-refractivity contribution in [2.75, 3.05) is 18.4 Å². The lowest BCUT2D eigenvalue weighted by molar-refractivity contribution is -0.143. The quantitative estimate of drug-likeness (QED) is 0.227. The van der Waals surface area contributed by atoms with Crippen molar-refractivity contribution < 1.29 is 19.5 Å². The highest BCUT2D eigenvalue weighted by atomic mass is 35.5. The number of hydrogen-bond donors (Lipinski definition) is 2. The number of carboxylic acids is 1. The van der Waals surface area contributed by atoms with Crippen molar-refractivity contribution in [1.82, 2.24) is 9.47 Å². The van der Waals surface area contributed by atoms with E-state index < -0.39 is 11.9 Å². The van der Waals surface area contributed by atoms with Gasteiger partial charge in [0.15, 0.2) is 0 Å². The molecule has 4 aromatic rings. The van der Waals surface area contributed by atoms with E-state index in [1.807, 2.05) is 47.9 Å². The lowest BCUT2D eigenvalue weighted by Gasteiger charge is -2.33. The number of carbonyl (C=O) groups is 3. The van der Waals surface area contributed by atoms with Gasteiger partial charge < -0.3 is 19.9 Å². The molecule has 41 heavy (non-hydrogen) atoms. The van der Waals surface area contributed by atoms with Gasteiger partial charge in [-0.3, -0.25) is 14.4 Å². The zero-order valence-electron chi connectivity index (χ0n) is 22.6. The van der Waals surface area contributed by atoms with Crippen molar-refractivity contribution in [2.24, 2.45) is 0 Å². The maximum atomic E-state index is 13.2. The number of aryl methyl sites for hydroxylation is 1. The second-order valence-corrected chi connectivity index (χ2v) is 11.1. The minimum Gasteiger partial charge on any atom is -0.481 e. The Labute approximate surface area is 248 Å². The van der Waals surface area contributed by atoms with Crippen molar-refractivity contribution >= 4 is 57.6 Å². The Morgan fingerprint density at radius 1 is 0.976 bits per heavy atom. The van der Waals surface area contributed by atoms with Gasteiger partial charge in [-0.15, -0.1) is 0 Å². The molecule has 0 radical (unpaired) electrons. The minimum atomic E-state index is -0.990. The predicted molar refractivity (Wildman–Crippen MR) is 162 cm³/mol. The topological polar surface area (TPSA) is 91.6 Å². The number of carbonyl (C=O) groups excluding carboxylic acids is 2. The highest BCUT2D eigenvalue weighted by Gasteiger charge is 2.29. The lowest BCUT2D eigenvalue weighted by Crippen LogP contribution is -2.39. The fraction of sp³-hybridized carbons (Fsp3) is 0.281. The van der Waals surface area contributed by atoms with Gasteiger partial charge in [-0.25, -0.2) is 0 Å². The average molecular weight is 593 g/mol. The molecule has 2 amide bonds. The van der Waals surface area contributed by atoms with Crippen LogP contribution < -0.4 is 5.32 Å². The van der Waals surface area contributed by atoms with Crippen LogP contribution in [0.3, 0.4) is 0 Å². The van der Waals surface area contributed by atoms with E-state index in [4.69, 9.17) is 23.2 Å². The molecule has 2 heterocycles. The second-order valence-electron chi connectivity index (χ2n) is 10.3. The molecule has 9 heteroatoms. The summed E-state index contributed by atoms with van der Waals surface area (Å²) in [6.07, 6.45) is 1.54. The Kier molecular flexibility index (Phi) is 8.66. The number of anilines is 1. The molecule has 5 rings (SSSR count). The fourth-order valence-electron chi connectivity index (χ4n) is 5.63. The van der Waals surface area contributed by atoms with E-state index in [1.165, 1.54) is 0 Å².